The fraction of sp³-hybridized carbons (Fsp3) is 0.304. The molecular weight excluding hydrogens is 477 g/mol. The Morgan fingerprint density at radius 3 is 2.36 bits per heavy atom. The molecule has 1 aliphatic heterocycles. The van der Waals surface area contributed by atoms with Gasteiger partial charge in [0.25, 0.3) is 0 Å². The number of morpholine rings is 1. The fourth-order valence-corrected chi connectivity index (χ4v) is 3.58. The summed E-state index contributed by atoms with van der Waals surface area (Å²) in [5, 5.41) is 6.38. The Labute approximate surface area is 203 Å². The Hall–Kier alpha value is -3.97. The number of ether oxygens (including phenoxy) is 1. The molecule has 36 heavy (non-hydrogen) atoms. The molecule has 1 aromatic carbocycles. The lowest BCUT2D eigenvalue weighted by molar-refractivity contribution is -0.159. The van der Waals surface area contributed by atoms with E-state index in [0.717, 1.165) is 44.1 Å². The van der Waals surface area contributed by atoms with Crippen molar-refractivity contribution in [3.63, 3.8) is 0 Å². The third kappa shape index (κ3) is 5.80. The van der Waals surface area contributed by atoms with Crippen LogP contribution in [0.5, 0.6) is 0 Å². The molecule has 1 N–H and O–H groups in total. The van der Waals surface area contributed by atoms with Gasteiger partial charge in [-0.1, -0.05) is 29.4 Å². The number of nitrogens with zero attached hydrogens (tertiary/aromatic N) is 7. The van der Waals surface area contributed by atoms with Crippen molar-refractivity contribution >= 4 is 5.95 Å². The van der Waals surface area contributed by atoms with Crippen LogP contribution in [0.25, 0.3) is 22.6 Å². The molecular formula is C23H21F3N8O2. The summed E-state index contributed by atoms with van der Waals surface area (Å²) < 4.78 is 47.5. The number of benzene rings is 1. The number of alkyl halides is 3. The van der Waals surface area contributed by atoms with Crippen LogP contribution in [-0.4, -0.2) is 61.3 Å². The van der Waals surface area contributed by atoms with Gasteiger partial charge in [0.15, 0.2) is 0 Å². The second-order valence-corrected chi connectivity index (χ2v) is 8.01. The first kappa shape index (κ1) is 23.8. The van der Waals surface area contributed by atoms with Gasteiger partial charge in [0.05, 0.1) is 31.0 Å². The SMILES string of the molecule is FC(F)(F)c1nc(-c2cnc(CNc3nccc(-c4ccc(CN5CCOCC5)cc4)n3)nc2)no1. The standard InChI is InChI=1S/C23H21F3N8O2/c24-23(25,26)21-32-20(33-36-21)17-11-28-19(29-12-17)13-30-22-27-6-5-18(31-22)16-3-1-15(2-4-16)14-34-7-9-35-10-8-34/h1-6,11-12H,7-10,13-14H2,(H,27,30,31). The molecule has 13 heteroatoms. The normalized spacial score (nSPS) is 14.6. The van der Waals surface area contributed by atoms with Crippen LogP contribution < -0.4 is 5.32 Å². The molecule has 0 unspecified atom stereocenters. The zero-order valence-electron chi connectivity index (χ0n) is 18.9. The summed E-state index contributed by atoms with van der Waals surface area (Å²) in [4.78, 5) is 22.7. The van der Waals surface area contributed by atoms with Gasteiger partial charge in [0.1, 0.15) is 5.82 Å². The van der Waals surface area contributed by atoms with Crippen LogP contribution >= 0.6 is 0 Å². The highest BCUT2D eigenvalue weighted by Crippen LogP contribution is 2.29. The van der Waals surface area contributed by atoms with Crippen molar-refractivity contribution in [1.82, 2.24) is 35.0 Å². The van der Waals surface area contributed by atoms with Gasteiger partial charge < -0.3 is 14.6 Å². The number of hydrogen-bond acceptors (Lipinski definition) is 10. The number of aromatic nitrogens is 6. The van der Waals surface area contributed by atoms with E-state index in [-0.39, 0.29) is 17.9 Å². The molecule has 1 fully saturated rings. The molecule has 0 amide bonds. The van der Waals surface area contributed by atoms with E-state index in [4.69, 9.17) is 4.74 Å². The Bertz CT molecular complexity index is 1290. The summed E-state index contributed by atoms with van der Waals surface area (Å²) >= 11 is 0. The summed E-state index contributed by atoms with van der Waals surface area (Å²) in [5.41, 5.74) is 3.15. The van der Waals surface area contributed by atoms with E-state index in [2.05, 4.69) is 56.9 Å². The Kier molecular flexibility index (Phi) is 6.82. The minimum absolute atomic E-state index is 0.202. The average Bonchev–Trinajstić information content (AvgIpc) is 3.40. The van der Waals surface area contributed by atoms with E-state index in [1.807, 2.05) is 18.2 Å². The fourth-order valence-electron chi connectivity index (χ4n) is 3.58. The molecule has 0 saturated carbocycles. The van der Waals surface area contributed by atoms with Gasteiger partial charge in [-0.05, 0) is 11.6 Å². The first-order chi connectivity index (χ1) is 17.4. The molecule has 1 saturated heterocycles. The highest BCUT2D eigenvalue weighted by molar-refractivity contribution is 5.60. The van der Waals surface area contributed by atoms with Crippen LogP contribution in [0.3, 0.4) is 0 Å². The van der Waals surface area contributed by atoms with Crippen LogP contribution in [0.2, 0.25) is 0 Å². The van der Waals surface area contributed by atoms with E-state index in [0.29, 0.717) is 11.8 Å². The molecule has 0 bridgehead atoms. The van der Waals surface area contributed by atoms with Crippen LogP contribution in [-0.2, 0) is 24.0 Å². The van der Waals surface area contributed by atoms with Crippen molar-refractivity contribution in [1.29, 1.82) is 0 Å². The number of rotatable bonds is 7. The third-order valence-electron chi connectivity index (χ3n) is 5.45. The second kappa shape index (κ2) is 10.3. The molecule has 186 valence electrons. The maximum absolute atomic E-state index is 12.6. The Morgan fingerprint density at radius 2 is 1.67 bits per heavy atom. The topological polar surface area (TPSA) is 115 Å². The van der Waals surface area contributed by atoms with Crippen molar-refractivity contribution in [3.05, 3.63) is 66.2 Å². The van der Waals surface area contributed by atoms with Crippen LogP contribution in [0.4, 0.5) is 19.1 Å². The van der Waals surface area contributed by atoms with Crippen molar-refractivity contribution in [2.24, 2.45) is 0 Å². The summed E-state index contributed by atoms with van der Waals surface area (Å²) in [6.07, 6.45) is -0.407. The van der Waals surface area contributed by atoms with Crippen LogP contribution in [0.1, 0.15) is 17.3 Å². The molecule has 3 aromatic heterocycles. The zero-order chi connectivity index (χ0) is 25.0. The van der Waals surface area contributed by atoms with Gasteiger partial charge in [-0.3, -0.25) is 4.90 Å². The largest absolute Gasteiger partial charge is 0.471 e. The molecule has 5 rings (SSSR count). The number of halogens is 3. The Balaban J connectivity index is 1.19. The second-order valence-electron chi connectivity index (χ2n) is 8.01. The smallest absolute Gasteiger partial charge is 0.379 e. The maximum atomic E-state index is 12.6. The lowest BCUT2D eigenvalue weighted by Gasteiger charge is -2.26. The van der Waals surface area contributed by atoms with E-state index < -0.39 is 12.1 Å². The predicted octanol–water partition coefficient (Wildman–Crippen LogP) is 3.45. The number of nitrogens with one attached hydrogen (secondary N) is 1. The van der Waals surface area contributed by atoms with Crippen molar-refractivity contribution < 1.29 is 22.4 Å². The molecule has 0 spiro atoms. The molecule has 4 aromatic rings. The van der Waals surface area contributed by atoms with Crippen molar-refractivity contribution in [2.45, 2.75) is 19.3 Å². The third-order valence-corrected chi connectivity index (χ3v) is 5.45. The monoisotopic (exact) mass is 498 g/mol. The molecule has 10 nitrogen and oxygen atoms in total. The molecule has 4 heterocycles. The van der Waals surface area contributed by atoms with E-state index in [1.54, 1.807) is 6.20 Å². The zero-order valence-corrected chi connectivity index (χ0v) is 18.9. The van der Waals surface area contributed by atoms with Gasteiger partial charge in [0.2, 0.25) is 11.8 Å². The number of hydrogen-bond donors (Lipinski definition) is 1. The lowest BCUT2D eigenvalue weighted by atomic mass is 10.1. The van der Waals surface area contributed by atoms with Gasteiger partial charge >= 0.3 is 12.1 Å². The minimum atomic E-state index is -4.71. The Morgan fingerprint density at radius 1 is 0.917 bits per heavy atom. The molecule has 0 aliphatic carbocycles. The van der Waals surface area contributed by atoms with Crippen molar-refractivity contribution in [3.8, 4) is 22.6 Å². The summed E-state index contributed by atoms with van der Waals surface area (Å²) in [6, 6.07) is 10.1. The first-order valence-corrected chi connectivity index (χ1v) is 11.1. The summed E-state index contributed by atoms with van der Waals surface area (Å²) in [7, 11) is 0. The van der Waals surface area contributed by atoms with Gasteiger partial charge in [-0.15, -0.1) is 0 Å². The van der Waals surface area contributed by atoms with E-state index >= 15 is 0 Å². The highest BCUT2D eigenvalue weighted by atomic mass is 19.4. The quantitative estimate of drug-likeness (QED) is 0.406. The van der Waals surface area contributed by atoms with Crippen LogP contribution in [0, 0.1) is 0 Å². The van der Waals surface area contributed by atoms with Crippen molar-refractivity contribution in [2.75, 3.05) is 31.6 Å². The predicted molar refractivity (Wildman–Crippen MR) is 121 cm³/mol. The maximum Gasteiger partial charge on any atom is 0.471 e. The summed E-state index contributed by atoms with van der Waals surface area (Å²) in [5.74, 6) is -0.883. The lowest BCUT2D eigenvalue weighted by Crippen LogP contribution is -2.35. The number of anilines is 1. The van der Waals surface area contributed by atoms with Gasteiger partial charge in [-0.2, -0.15) is 18.2 Å². The highest BCUT2D eigenvalue weighted by Gasteiger charge is 2.38. The van der Waals surface area contributed by atoms with E-state index in [1.165, 1.54) is 18.0 Å². The molecule has 0 atom stereocenters. The van der Waals surface area contributed by atoms with Crippen LogP contribution in [0.15, 0.2) is 53.4 Å². The first-order valence-electron chi connectivity index (χ1n) is 11.1. The van der Waals surface area contributed by atoms with E-state index in [9.17, 15) is 13.2 Å². The average molecular weight is 498 g/mol. The van der Waals surface area contributed by atoms with Gasteiger partial charge in [-0.25, -0.2) is 19.9 Å². The summed E-state index contributed by atoms with van der Waals surface area (Å²) in [6.45, 7) is 4.51. The molecule has 0 radical (unpaired) electrons. The van der Waals surface area contributed by atoms with Gasteiger partial charge in [0, 0.05) is 43.8 Å². The molecule has 1 aliphatic rings. The minimum Gasteiger partial charge on any atom is -0.379 e.